The van der Waals surface area contributed by atoms with E-state index in [2.05, 4.69) is 37.5 Å². The lowest BCUT2D eigenvalue weighted by Gasteiger charge is -2.24. The minimum absolute atomic E-state index is 0.0252. The van der Waals surface area contributed by atoms with Crippen molar-refractivity contribution in [1.29, 1.82) is 0 Å². The molecule has 0 fully saturated rings. The fourth-order valence-corrected chi connectivity index (χ4v) is 7.04. The second-order valence-corrected chi connectivity index (χ2v) is 18.3. The number of likely N-dealkylation sites (N-methyl/N-ethyl adjacent to an activating group) is 1. The lowest BCUT2D eigenvalue weighted by atomic mass is 10.0. The van der Waals surface area contributed by atoms with Crippen LogP contribution >= 0.6 is 7.82 Å². The zero-order valence-corrected chi connectivity index (χ0v) is 38.4. The summed E-state index contributed by atoms with van der Waals surface area (Å²) in [6, 6.07) is 0. The summed E-state index contributed by atoms with van der Waals surface area (Å²) in [5.74, 6) is 11.5. The van der Waals surface area contributed by atoms with E-state index in [-0.39, 0.29) is 32.0 Å². The van der Waals surface area contributed by atoms with Gasteiger partial charge in [0.15, 0.2) is 6.10 Å². The molecule has 0 aliphatic heterocycles. The molecule has 0 rings (SSSR count). The summed E-state index contributed by atoms with van der Waals surface area (Å²) in [5, 5.41) is 0. The third-order valence-corrected chi connectivity index (χ3v) is 11.0. The van der Waals surface area contributed by atoms with Crippen LogP contribution < -0.4 is 0 Å². The molecule has 1 N–H and O–H groups in total. The van der Waals surface area contributed by atoms with E-state index in [0.717, 1.165) is 64.2 Å². The standard InChI is InChI=1S/C47H86NO8P/c1-6-8-10-12-14-16-18-20-21-22-23-24-25-26-28-30-32-34-36-38-40-47(50)56-45(44-55-57(51,52)54-42-41-48(3,4)5)43-53-46(49)39-37-35-33-31-29-27-19-17-15-13-11-9-7-2/h45H,6-21,26-44H2,1-5H3/p+1. The molecular weight excluding hydrogens is 737 g/mol. The highest BCUT2D eigenvalue weighted by molar-refractivity contribution is 7.47. The largest absolute Gasteiger partial charge is 0.472 e. The Kier molecular flexibility index (Phi) is 38.3. The molecule has 0 spiro atoms. The Bertz CT molecular complexity index is 1130. The van der Waals surface area contributed by atoms with Gasteiger partial charge < -0.3 is 18.9 Å². The quantitative estimate of drug-likeness (QED) is 0.0214. The van der Waals surface area contributed by atoms with Gasteiger partial charge in [0.25, 0.3) is 0 Å². The Morgan fingerprint density at radius 3 is 1.35 bits per heavy atom. The average Bonchev–Trinajstić information content (AvgIpc) is 3.16. The fourth-order valence-electron chi connectivity index (χ4n) is 6.30. The Morgan fingerprint density at radius 2 is 0.930 bits per heavy atom. The molecular formula is C47H87NO8P+. The van der Waals surface area contributed by atoms with Crippen molar-refractivity contribution >= 4 is 19.8 Å². The van der Waals surface area contributed by atoms with E-state index < -0.39 is 26.5 Å². The molecule has 332 valence electrons. The van der Waals surface area contributed by atoms with Crippen molar-refractivity contribution in [1.82, 2.24) is 0 Å². The number of phosphoric acid groups is 1. The summed E-state index contributed by atoms with van der Waals surface area (Å²) in [5.41, 5.74) is 0. The minimum Gasteiger partial charge on any atom is -0.462 e. The third kappa shape index (κ3) is 43.5. The lowest BCUT2D eigenvalue weighted by molar-refractivity contribution is -0.870. The van der Waals surface area contributed by atoms with Crippen LogP contribution in [0.15, 0.2) is 0 Å². The number of phosphoric ester groups is 1. The zero-order chi connectivity index (χ0) is 42.1. The van der Waals surface area contributed by atoms with Crippen molar-refractivity contribution < 1.29 is 42.1 Å². The lowest BCUT2D eigenvalue weighted by Crippen LogP contribution is -2.37. The van der Waals surface area contributed by atoms with Gasteiger partial charge in [0.05, 0.1) is 27.7 Å². The molecule has 0 saturated heterocycles. The average molecular weight is 825 g/mol. The van der Waals surface area contributed by atoms with E-state index in [1.807, 2.05) is 21.1 Å². The number of carbonyl (C=O) groups is 2. The molecule has 2 unspecified atom stereocenters. The second-order valence-electron chi connectivity index (χ2n) is 16.8. The van der Waals surface area contributed by atoms with Crippen LogP contribution in [0.2, 0.25) is 0 Å². The Hall–Kier alpha value is -1.87. The van der Waals surface area contributed by atoms with Gasteiger partial charge in [-0.05, 0) is 37.5 Å². The Morgan fingerprint density at radius 1 is 0.544 bits per heavy atom. The summed E-state index contributed by atoms with van der Waals surface area (Å²) < 4.78 is 34.3. The number of esters is 2. The van der Waals surface area contributed by atoms with Crippen LogP contribution in [0.3, 0.4) is 0 Å². The van der Waals surface area contributed by atoms with Crippen LogP contribution in [0.5, 0.6) is 0 Å². The number of ether oxygens (including phenoxy) is 2. The third-order valence-electron chi connectivity index (χ3n) is 9.98. The monoisotopic (exact) mass is 825 g/mol. The van der Waals surface area contributed by atoms with Crippen molar-refractivity contribution in [3.8, 4) is 23.7 Å². The molecule has 0 bridgehead atoms. The van der Waals surface area contributed by atoms with Crippen LogP contribution in [0.1, 0.15) is 213 Å². The van der Waals surface area contributed by atoms with Gasteiger partial charge in [-0.25, -0.2) is 4.57 Å². The first-order valence-electron chi connectivity index (χ1n) is 23.2. The first-order chi connectivity index (χ1) is 27.5. The topological polar surface area (TPSA) is 108 Å². The van der Waals surface area contributed by atoms with Gasteiger partial charge in [0.1, 0.15) is 19.8 Å². The van der Waals surface area contributed by atoms with E-state index in [1.165, 1.54) is 116 Å². The number of quaternary nitrogens is 1. The highest BCUT2D eigenvalue weighted by Gasteiger charge is 2.27. The summed E-state index contributed by atoms with van der Waals surface area (Å²) >= 11 is 0. The van der Waals surface area contributed by atoms with Gasteiger partial charge in [-0.3, -0.25) is 18.6 Å². The molecule has 0 aliphatic rings. The van der Waals surface area contributed by atoms with Gasteiger partial charge in [0, 0.05) is 25.7 Å². The molecule has 0 heterocycles. The molecule has 2 atom stereocenters. The number of carbonyl (C=O) groups excluding carboxylic acids is 2. The number of hydrogen-bond acceptors (Lipinski definition) is 7. The maximum Gasteiger partial charge on any atom is 0.472 e. The smallest absolute Gasteiger partial charge is 0.462 e. The molecule has 0 aliphatic carbocycles. The molecule has 0 aromatic carbocycles. The normalized spacial score (nSPS) is 12.9. The van der Waals surface area contributed by atoms with Crippen molar-refractivity contribution in [2.45, 2.75) is 219 Å². The SMILES string of the molecule is CCCCCCCCCCC#CC#CCCCCCCCCC(=O)OC(COC(=O)CCCCCCCCCCCCCCC)COP(=O)(O)OCC[N+](C)(C)C. The maximum atomic E-state index is 12.7. The zero-order valence-electron chi connectivity index (χ0n) is 37.5. The number of unbranched alkanes of at least 4 members (excludes halogenated alkanes) is 26. The summed E-state index contributed by atoms with van der Waals surface area (Å²) in [6.07, 6.45) is 33.5. The van der Waals surface area contributed by atoms with E-state index in [0.29, 0.717) is 17.4 Å². The molecule has 0 saturated carbocycles. The van der Waals surface area contributed by atoms with Crippen molar-refractivity contribution in [3.63, 3.8) is 0 Å². The molecule has 0 amide bonds. The number of nitrogens with zero attached hydrogens (tertiary/aromatic N) is 1. The van der Waals surface area contributed by atoms with Crippen LogP contribution in [-0.4, -0.2) is 74.9 Å². The molecule has 0 radical (unpaired) electrons. The maximum absolute atomic E-state index is 12.7. The summed E-state index contributed by atoms with van der Waals surface area (Å²) in [4.78, 5) is 35.4. The molecule has 0 aromatic heterocycles. The molecule has 0 aromatic rings. The predicted molar refractivity (Wildman–Crippen MR) is 235 cm³/mol. The summed E-state index contributed by atoms with van der Waals surface area (Å²) in [6.45, 7) is 4.38. The second kappa shape index (κ2) is 39.6. The van der Waals surface area contributed by atoms with Gasteiger partial charge in [0.2, 0.25) is 0 Å². The van der Waals surface area contributed by atoms with E-state index in [9.17, 15) is 19.0 Å². The van der Waals surface area contributed by atoms with E-state index in [4.69, 9.17) is 18.5 Å². The van der Waals surface area contributed by atoms with E-state index >= 15 is 0 Å². The van der Waals surface area contributed by atoms with Gasteiger partial charge in [-0.2, -0.15) is 0 Å². The molecule has 9 nitrogen and oxygen atoms in total. The highest BCUT2D eigenvalue weighted by atomic mass is 31.2. The molecule has 10 heteroatoms. The van der Waals surface area contributed by atoms with Gasteiger partial charge >= 0.3 is 19.8 Å². The van der Waals surface area contributed by atoms with Crippen LogP contribution in [-0.2, 0) is 32.7 Å². The van der Waals surface area contributed by atoms with Crippen molar-refractivity contribution in [3.05, 3.63) is 0 Å². The van der Waals surface area contributed by atoms with Gasteiger partial charge in [-0.1, -0.05) is 173 Å². The number of hydrogen-bond donors (Lipinski definition) is 1. The van der Waals surface area contributed by atoms with E-state index in [1.54, 1.807) is 0 Å². The Labute approximate surface area is 351 Å². The first-order valence-corrected chi connectivity index (χ1v) is 24.7. The van der Waals surface area contributed by atoms with Crippen LogP contribution in [0.4, 0.5) is 0 Å². The Balaban J connectivity index is 4.34. The fraction of sp³-hybridized carbons (Fsp3) is 0.872. The van der Waals surface area contributed by atoms with Crippen LogP contribution in [0.25, 0.3) is 0 Å². The predicted octanol–water partition coefficient (Wildman–Crippen LogP) is 12.4. The van der Waals surface area contributed by atoms with Crippen molar-refractivity contribution in [2.75, 3.05) is 47.5 Å². The molecule has 57 heavy (non-hydrogen) atoms. The summed E-state index contributed by atoms with van der Waals surface area (Å²) in [7, 11) is 1.45. The van der Waals surface area contributed by atoms with Gasteiger partial charge in [-0.15, -0.1) is 0 Å². The first kappa shape index (κ1) is 55.1. The minimum atomic E-state index is -4.38. The van der Waals surface area contributed by atoms with Crippen LogP contribution in [0, 0.1) is 23.7 Å². The highest BCUT2D eigenvalue weighted by Crippen LogP contribution is 2.43. The number of rotatable bonds is 40. The van der Waals surface area contributed by atoms with Crippen molar-refractivity contribution in [2.24, 2.45) is 0 Å².